The largest absolute Gasteiger partial charge is 0.496 e. The van der Waals surface area contributed by atoms with Crippen molar-refractivity contribution < 1.29 is 9.53 Å². The van der Waals surface area contributed by atoms with Crippen LogP contribution in [0.5, 0.6) is 5.75 Å². The highest BCUT2D eigenvalue weighted by Crippen LogP contribution is 2.39. The van der Waals surface area contributed by atoms with E-state index < -0.39 is 0 Å². The molecule has 2 heterocycles. The second-order valence-electron chi connectivity index (χ2n) is 7.50. The van der Waals surface area contributed by atoms with Gasteiger partial charge in [0.25, 0.3) is 0 Å². The summed E-state index contributed by atoms with van der Waals surface area (Å²) in [5.74, 6) is 1.36. The van der Waals surface area contributed by atoms with Crippen LogP contribution in [0.25, 0.3) is 0 Å². The number of nitrogens with one attached hydrogen (secondary N) is 2. The third kappa shape index (κ3) is 4.45. The van der Waals surface area contributed by atoms with E-state index in [0.29, 0.717) is 22.4 Å². The van der Waals surface area contributed by atoms with Crippen LogP contribution < -0.4 is 15.4 Å². The predicted octanol–water partition coefficient (Wildman–Crippen LogP) is 3.40. The Morgan fingerprint density at radius 1 is 1.31 bits per heavy atom. The van der Waals surface area contributed by atoms with Crippen LogP contribution in [0.2, 0.25) is 10.0 Å². The van der Waals surface area contributed by atoms with Gasteiger partial charge >= 0.3 is 0 Å². The summed E-state index contributed by atoms with van der Waals surface area (Å²) in [6, 6.07) is 3.69. The van der Waals surface area contributed by atoms with Gasteiger partial charge in [-0.2, -0.15) is 0 Å². The molecule has 7 heteroatoms. The van der Waals surface area contributed by atoms with Crippen LogP contribution in [-0.2, 0) is 4.79 Å². The number of hydrogen-bond acceptors (Lipinski definition) is 4. The van der Waals surface area contributed by atoms with E-state index >= 15 is 0 Å². The molecule has 2 aliphatic rings. The van der Waals surface area contributed by atoms with Crippen LogP contribution in [0.3, 0.4) is 0 Å². The number of carbonyl (C=O) groups excluding carboxylic acids is 1. The lowest BCUT2D eigenvalue weighted by molar-refractivity contribution is -0.132. The number of halogens is 2. The summed E-state index contributed by atoms with van der Waals surface area (Å²) in [6.07, 6.45) is 3.28. The molecule has 1 aromatic carbocycles. The molecule has 3 rings (SSSR count). The van der Waals surface area contributed by atoms with E-state index in [-0.39, 0.29) is 11.4 Å². The summed E-state index contributed by atoms with van der Waals surface area (Å²) in [4.78, 5) is 14.6. The number of methoxy groups -OCH3 is 1. The molecule has 0 aromatic heterocycles. The molecule has 2 N–H and O–H groups in total. The molecule has 1 aromatic rings. The molecule has 2 fully saturated rings. The summed E-state index contributed by atoms with van der Waals surface area (Å²) in [5, 5.41) is 7.77. The van der Waals surface area contributed by atoms with Gasteiger partial charge in [-0.25, -0.2) is 0 Å². The summed E-state index contributed by atoms with van der Waals surface area (Å²) in [6.45, 7) is 5.45. The molecule has 0 radical (unpaired) electrons. The summed E-state index contributed by atoms with van der Waals surface area (Å²) in [5.41, 5.74) is 1.12. The van der Waals surface area contributed by atoms with Gasteiger partial charge in [-0.1, -0.05) is 23.2 Å². The minimum absolute atomic E-state index is 0.0292. The number of amides is 1. The Labute approximate surface area is 165 Å². The Balaban J connectivity index is 1.55. The highest BCUT2D eigenvalue weighted by Gasteiger charge is 2.30. The van der Waals surface area contributed by atoms with Gasteiger partial charge in [0.15, 0.2) is 0 Å². The fourth-order valence-corrected chi connectivity index (χ4v) is 4.20. The van der Waals surface area contributed by atoms with Crippen molar-refractivity contribution in [2.75, 3.05) is 33.4 Å². The normalized spacial score (nSPS) is 24.1. The maximum atomic E-state index is 12.6. The Bertz CT molecular complexity index is 654. The van der Waals surface area contributed by atoms with E-state index in [1.807, 2.05) is 11.0 Å². The zero-order chi connectivity index (χ0) is 18.7. The Hall–Kier alpha value is -1.01. The van der Waals surface area contributed by atoms with E-state index in [1.54, 1.807) is 13.2 Å². The second-order valence-corrected chi connectivity index (χ2v) is 8.32. The average Bonchev–Trinajstić information content (AvgIpc) is 3.08. The average molecular weight is 400 g/mol. The van der Waals surface area contributed by atoms with Gasteiger partial charge in [0.05, 0.1) is 17.2 Å². The molecule has 0 bridgehead atoms. The minimum atomic E-state index is 0.0292. The van der Waals surface area contributed by atoms with Gasteiger partial charge in [0.1, 0.15) is 5.75 Å². The van der Waals surface area contributed by atoms with Gasteiger partial charge in [-0.05, 0) is 43.7 Å². The van der Waals surface area contributed by atoms with Crippen molar-refractivity contribution in [3.8, 4) is 5.75 Å². The van der Waals surface area contributed by atoms with E-state index in [4.69, 9.17) is 27.9 Å². The number of benzene rings is 1. The molecular formula is C19H27Cl2N3O2. The van der Waals surface area contributed by atoms with E-state index in [2.05, 4.69) is 17.6 Å². The molecule has 26 heavy (non-hydrogen) atoms. The Morgan fingerprint density at radius 3 is 2.62 bits per heavy atom. The van der Waals surface area contributed by atoms with Crippen LogP contribution in [0.4, 0.5) is 0 Å². The fraction of sp³-hybridized carbons (Fsp3) is 0.632. The maximum absolute atomic E-state index is 12.6. The zero-order valence-electron chi connectivity index (χ0n) is 15.4. The molecule has 144 valence electrons. The molecule has 0 saturated carbocycles. The quantitative estimate of drug-likeness (QED) is 0.796. The standard InChI is InChI=1S/C19H27Cl2N3O2/c1-19(11-22-12-23-19)6-3-18(25)24-7-4-13(5-8-24)14-9-15(20)16(21)10-17(14)26-2/h9-10,13,22-23H,3-8,11-12H2,1-2H3. The summed E-state index contributed by atoms with van der Waals surface area (Å²) in [7, 11) is 1.65. The van der Waals surface area contributed by atoms with E-state index in [9.17, 15) is 4.79 Å². The first-order chi connectivity index (χ1) is 12.4. The SMILES string of the molecule is COc1cc(Cl)c(Cl)cc1C1CCN(C(=O)CCC2(C)CNCN2)CC1. The van der Waals surface area contributed by atoms with Crippen molar-refractivity contribution in [2.45, 2.75) is 44.1 Å². The lowest BCUT2D eigenvalue weighted by atomic mass is 9.88. The van der Waals surface area contributed by atoms with Gasteiger partial charge in [-0.3, -0.25) is 10.1 Å². The van der Waals surface area contributed by atoms with Gasteiger partial charge in [0, 0.05) is 44.3 Å². The molecule has 1 unspecified atom stereocenters. The molecular weight excluding hydrogens is 373 g/mol. The number of nitrogens with zero attached hydrogens (tertiary/aromatic N) is 1. The minimum Gasteiger partial charge on any atom is -0.496 e. The molecule has 1 amide bonds. The number of piperidine rings is 1. The Morgan fingerprint density at radius 2 is 2.00 bits per heavy atom. The number of hydrogen-bond donors (Lipinski definition) is 2. The Kier molecular flexibility index (Phi) is 6.33. The van der Waals surface area contributed by atoms with Crippen LogP contribution >= 0.6 is 23.2 Å². The third-order valence-corrected chi connectivity index (χ3v) is 6.33. The van der Waals surface area contributed by atoms with E-state index in [0.717, 1.165) is 56.9 Å². The van der Waals surface area contributed by atoms with Crippen molar-refractivity contribution in [3.63, 3.8) is 0 Å². The number of carbonyl (C=O) groups is 1. The van der Waals surface area contributed by atoms with Gasteiger partial charge in [0.2, 0.25) is 5.91 Å². The molecule has 2 saturated heterocycles. The first-order valence-electron chi connectivity index (χ1n) is 9.18. The zero-order valence-corrected chi connectivity index (χ0v) is 16.9. The van der Waals surface area contributed by atoms with Crippen LogP contribution in [0, 0.1) is 0 Å². The highest BCUT2D eigenvalue weighted by atomic mass is 35.5. The lowest BCUT2D eigenvalue weighted by Crippen LogP contribution is -2.42. The van der Waals surface area contributed by atoms with Crippen LogP contribution in [0.1, 0.15) is 44.1 Å². The van der Waals surface area contributed by atoms with Crippen molar-refractivity contribution in [1.29, 1.82) is 0 Å². The van der Waals surface area contributed by atoms with Crippen molar-refractivity contribution >= 4 is 29.1 Å². The smallest absolute Gasteiger partial charge is 0.222 e. The summed E-state index contributed by atoms with van der Waals surface area (Å²) >= 11 is 12.3. The van der Waals surface area contributed by atoms with Crippen LogP contribution in [-0.4, -0.2) is 49.8 Å². The number of ether oxygens (including phenoxy) is 1. The molecule has 0 aliphatic carbocycles. The predicted molar refractivity (Wildman–Crippen MR) is 105 cm³/mol. The first kappa shape index (κ1) is 19.7. The first-order valence-corrected chi connectivity index (χ1v) is 9.94. The molecule has 1 atom stereocenters. The van der Waals surface area contributed by atoms with Crippen molar-refractivity contribution in [1.82, 2.24) is 15.5 Å². The second kappa shape index (κ2) is 8.34. The molecule has 0 spiro atoms. The summed E-state index contributed by atoms with van der Waals surface area (Å²) < 4.78 is 5.48. The highest BCUT2D eigenvalue weighted by molar-refractivity contribution is 6.42. The third-order valence-electron chi connectivity index (χ3n) is 5.61. The lowest BCUT2D eigenvalue weighted by Gasteiger charge is -2.34. The monoisotopic (exact) mass is 399 g/mol. The van der Waals surface area contributed by atoms with Gasteiger partial charge in [-0.15, -0.1) is 0 Å². The fourth-order valence-electron chi connectivity index (χ4n) is 3.87. The maximum Gasteiger partial charge on any atom is 0.222 e. The molecule has 5 nitrogen and oxygen atoms in total. The topological polar surface area (TPSA) is 53.6 Å². The van der Waals surface area contributed by atoms with Crippen LogP contribution in [0.15, 0.2) is 12.1 Å². The number of likely N-dealkylation sites (tertiary alicyclic amines) is 1. The van der Waals surface area contributed by atoms with E-state index in [1.165, 1.54) is 0 Å². The van der Waals surface area contributed by atoms with Gasteiger partial charge < -0.3 is 15.0 Å². The molecule has 2 aliphatic heterocycles. The van der Waals surface area contributed by atoms with Crippen molar-refractivity contribution in [2.24, 2.45) is 0 Å². The van der Waals surface area contributed by atoms with Crippen molar-refractivity contribution in [3.05, 3.63) is 27.7 Å². The number of rotatable bonds is 5.